The minimum absolute atomic E-state index is 0.0724. The van der Waals surface area contributed by atoms with Crippen molar-refractivity contribution < 1.29 is 43.0 Å². The van der Waals surface area contributed by atoms with Crippen LogP contribution in [0.25, 0.3) is 10.9 Å². The lowest BCUT2D eigenvalue weighted by atomic mass is 10.0. The molecule has 5 aliphatic rings. The number of para-hydroxylation sites is 1. The summed E-state index contributed by atoms with van der Waals surface area (Å²) >= 11 is 0. The number of piperazine rings is 1. The normalized spacial score (nSPS) is 26.3. The Morgan fingerprint density at radius 2 is 1.43 bits per heavy atom. The summed E-state index contributed by atoms with van der Waals surface area (Å²) in [7, 11) is 0. The van der Waals surface area contributed by atoms with Crippen molar-refractivity contribution in [3.05, 3.63) is 138 Å². The molecule has 2 unspecified atom stereocenters. The van der Waals surface area contributed by atoms with Crippen molar-refractivity contribution in [1.29, 1.82) is 0 Å². The summed E-state index contributed by atoms with van der Waals surface area (Å²) in [5, 5.41) is 19.9. The lowest BCUT2D eigenvalue weighted by Gasteiger charge is -2.36. The first-order chi connectivity index (χ1) is 39.1. The number of amides is 6. The maximum Gasteiger partial charge on any atom is 0.407 e. The number of aromatic nitrogens is 1. The molecule has 0 radical (unpaired) electrons. The summed E-state index contributed by atoms with van der Waals surface area (Å²) < 4.78 is 18.5. The smallest absolute Gasteiger partial charge is 0.407 e. The molecular weight excluding hydrogens is 1020 g/mol. The fraction of sp³-hybridized carbons (Fsp3) is 0.467. The van der Waals surface area contributed by atoms with Crippen LogP contribution >= 0.6 is 0 Å². The number of nitrogens with one attached hydrogen (secondary N) is 7. The van der Waals surface area contributed by atoms with Crippen LogP contribution in [-0.4, -0.2) is 169 Å². The molecule has 4 aromatic carbocycles. The van der Waals surface area contributed by atoms with Gasteiger partial charge in [0.05, 0.1) is 18.6 Å². The third kappa shape index (κ3) is 14.3. The highest BCUT2D eigenvalue weighted by molar-refractivity contribution is 5.97. The number of carbonyl (C=O) groups excluding carboxylic acids is 6. The molecule has 5 saturated heterocycles. The first kappa shape index (κ1) is 55.9. The molecule has 10 rings (SSSR count). The summed E-state index contributed by atoms with van der Waals surface area (Å²) in [5.74, 6) is -1.77. The molecule has 6 amide bonds. The number of hydrogen-bond donors (Lipinski definition) is 8. The number of nitrogens with zero attached hydrogens (tertiary/aromatic N) is 3. The second-order valence-electron chi connectivity index (χ2n) is 21.6. The predicted molar refractivity (Wildman–Crippen MR) is 300 cm³/mol. The number of nitrogens with two attached hydrogens (primary N) is 1. The Hall–Kier alpha value is -7.36. The Morgan fingerprint density at radius 3 is 2.20 bits per heavy atom. The summed E-state index contributed by atoms with van der Waals surface area (Å²) in [4.78, 5) is 98.1. The third-order valence-corrected chi connectivity index (χ3v) is 16.0. The van der Waals surface area contributed by atoms with Crippen molar-refractivity contribution in [1.82, 2.24) is 51.6 Å². The number of epoxide rings is 1. The molecule has 5 aliphatic heterocycles. The molecule has 0 saturated carbocycles. The zero-order valence-electron chi connectivity index (χ0n) is 45.2. The summed E-state index contributed by atoms with van der Waals surface area (Å²) in [6, 6.07) is 28.9. The van der Waals surface area contributed by atoms with E-state index in [1.54, 1.807) is 4.90 Å². The van der Waals surface area contributed by atoms with Crippen molar-refractivity contribution in [2.24, 2.45) is 5.73 Å². The lowest BCUT2D eigenvalue weighted by molar-refractivity contribution is -0.149. The fourth-order valence-corrected chi connectivity index (χ4v) is 11.6. The Labute approximate surface area is 466 Å². The second kappa shape index (κ2) is 26.7. The van der Waals surface area contributed by atoms with Crippen molar-refractivity contribution in [3.63, 3.8) is 0 Å². The molecule has 0 aliphatic carbocycles. The Morgan fingerprint density at radius 1 is 0.700 bits per heavy atom. The SMILES string of the molecule is NCCNC(=O)O[C@@H]1C[C@H]2C(=O)N[C@@H](CCc3ccccc3)C(=O)N[C@H](Cc3c[nH]c4ccccc34)C(=O)N[C@@H](CN3CCNCC3)C3OC3N[C@@H](Cc3ccc(OCc4ccccc4)cc3)C(=O)N3CCCCC[C@H]3C(=O)N2C1. The van der Waals surface area contributed by atoms with Gasteiger partial charge in [-0.25, -0.2) is 4.79 Å². The van der Waals surface area contributed by atoms with Gasteiger partial charge < -0.3 is 61.3 Å². The quantitative estimate of drug-likeness (QED) is 0.0703. The molecule has 424 valence electrons. The molecule has 0 spiro atoms. The molecule has 20 heteroatoms. The number of ether oxygens (including phenoxy) is 3. The summed E-state index contributed by atoms with van der Waals surface area (Å²) in [6.45, 7) is 4.29. The van der Waals surface area contributed by atoms with Crippen LogP contribution in [0, 0.1) is 0 Å². The van der Waals surface area contributed by atoms with Gasteiger partial charge in [-0.3, -0.25) is 34.2 Å². The van der Waals surface area contributed by atoms with Crippen molar-refractivity contribution in [2.75, 3.05) is 58.9 Å². The first-order valence-corrected chi connectivity index (χ1v) is 28.4. The van der Waals surface area contributed by atoms with E-state index in [1.807, 2.05) is 115 Å². The predicted octanol–water partition coefficient (Wildman–Crippen LogP) is 2.65. The summed E-state index contributed by atoms with van der Waals surface area (Å²) in [6.07, 6.45) is 2.13. The summed E-state index contributed by atoms with van der Waals surface area (Å²) in [5.41, 5.74) is 10.1. The highest BCUT2D eigenvalue weighted by atomic mass is 16.6. The van der Waals surface area contributed by atoms with E-state index in [2.05, 4.69) is 41.8 Å². The molecule has 9 atom stereocenters. The van der Waals surface area contributed by atoms with Crippen molar-refractivity contribution in [3.8, 4) is 5.75 Å². The molecule has 0 bridgehead atoms. The van der Waals surface area contributed by atoms with E-state index in [0.29, 0.717) is 44.6 Å². The van der Waals surface area contributed by atoms with E-state index >= 15 is 24.0 Å². The number of benzene rings is 4. The Bertz CT molecular complexity index is 2900. The van der Waals surface area contributed by atoms with Crippen LogP contribution < -0.4 is 42.4 Å². The number of aryl methyl sites for hydroxylation is 1. The van der Waals surface area contributed by atoms with Gasteiger partial charge in [0, 0.05) is 82.3 Å². The average molecular weight is 1090 g/mol. The van der Waals surface area contributed by atoms with Gasteiger partial charge >= 0.3 is 6.09 Å². The van der Waals surface area contributed by atoms with Gasteiger partial charge in [-0.2, -0.15) is 0 Å². The number of hydrogen-bond acceptors (Lipinski definition) is 13. The third-order valence-electron chi connectivity index (χ3n) is 16.0. The first-order valence-electron chi connectivity index (χ1n) is 28.4. The Kier molecular flexibility index (Phi) is 18.7. The number of aromatic amines is 1. The second-order valence-corrected chi connectivity index (χ2v) is 21.6. The molecule has 6 heterocycles. The monoisotopic (exact) mass is 1090 g/mol. The van der Waals surface area contributed by atoms with Crippen molar-refractivity contribution in [2.45, 2.75) is 119 Å². The van der Waals surface area contributed by atoms with Gasteiger partial charge in [0.25, 0.3) is 0 Å². The highest BCUT2D eigenvalue weighted by Gasteiger charge is 2.51. The molecule has 20 nitrogen and oxygen atoms in total. The van der Waals surface area contributed by atoms with E-state index < -0.39 is 84.4 Å². The van der Waals surface area contributed by atoms with Crippen LogP contribution in [0.3, 0.4) is 0 Å². The van der Waals surface area contributed by atoms with Crippen LogP contribution in [0.5, 0.6) is 5.75 Å². The number of carbonyl (C=O) groups is 6. The fourth-order valence-electron chi connectivity index (χ4n) is 11.6. The molecule has 9 N–H and O–H groups in total. The molecule has 80 heavy (non-hydrogen) atoms. The Balaban J connectivity index is 1.01. The number of alkyl carbamates (subject to hydrolysis) is 1. The largest absolute Gasteiger partial charge is 0.489 e. The maximum absolute atomic E-state index is 15.6. The van der Waals surface area contributed by atoms with Crippen LogP contribution in [0.1, 0.15) is 60.8 Å². The van der Waals surface area contributed by atoms with Gasteiger partial charge in [-0.1, -0.05) is 104 Å². The van der Waals surface area contributed by atoms with Gasteiger partial charge in [-0.15, -0.1) is 0 Å². The van der Waals surface area contributed by atoms with Crippen LogP contribution in [-0.2, 0) is 59.3 Å². The van der Waals surface area contributed by atoms with E-state index in [4.69, 9.17) is 19.9 Å². The zero-order valence-corrected chi connectivity index (χ0v) is 45.2. The minimum atomic E-state index is -1.20. The average Bonchev–Trinajstić information content (AvgIpc) is 4.06. The zero-order chi connectivity index (χ0) is 55.4. The van der Waals surface area contributed by atoms with E-state index in [0.717, 1.165) is 65.8 Å². The van der Waals surface area contributed by atoms with Crippen molar-refractivity contribution >= 4 is 46.5 Å². The maximum atomic E-state index is 15.6. The van der Waals surface area contributed by atoms with E-state index in [1.165, 1.54) is 4.90 Å². The number of H-pyrrole nitrogens is 1. The van der Waals surface area contributed by atoms with E-state index in [9.17, 15) is 4.79 Å². The number of fused-ring (bicyclic) bond motifs is 4. The minimum Gasteiger partial charge on any atom is -0.489 e. The van der Waals surface area contributed by atoms with Gasteiger partial charge in [0.1, 0.15) is 55.0 Å². The van der Waals surface area contributed by atoms with Gasteiger partial charge in [-0.05, 0) is 72.6 Å². The van der Waals surface area contributed by atoms with Crippen LogP contribution in [0.2, 0.25) is 0 Å². The van der Waals surface area contributed by atoms with Crippen LogP contribution in [0.4, 0.5) is 4.79 Å². The highest BCUT2D eigenvalue weighted by Crippen LogP contribution is 2.31. The lowest BCUT2D eigenvalue weighted by Crippen LogP contribution is -2.60. The molecule has 5 aromatic rings. The molecular formula is C60H75N11O9. The molecule has 1 aromatic heterocycles. The van der Waals surface area contributed by atoms with Gasteiger partial charge in [0.15, 0.2) is 0 Å². The van der Waals surface area contributed by atoms with Crippen LogP contribution in [0.15, 0.2) is 115 Å². The topological polar surface area (TPSA) is 257 Å². The molecule has 5 fully saturated rings. The van der Waals surface area contributed by atoms with E-state index in [-0.39, 0.29) is 57.8 Å². The van der Waals surface area contributed by atoms with Gasteiger partial charge in [0.2, 0.25) is 29.5 Å². The standard InChI is InChI=1S/C60H75N11O9/c61-25-26-63-60(77)79-44-34-52-56(74)65-47(24-21-39-12-4-1-5-13-39)54(72)66-48(33-42-35-64-46-17-10-9-16-45(42)46)55(73)67-50(37-69-30-27-62-28-31-69)53-57(80-53)68-49(58(75)70-29-11-3-8-18-51(70)59(76)71(52)36-44)32-40-19-22-43(23-20-40)78-38-41-14-6-2-7-15-41/h1-2,4-7,9-10,12-17,19-20,22-23,35,44,47-53,57,62,64,68H,3,8,11,18,21,24-34,36-38,61H2,(H,63,77)(H,65,74)(H,66,72)(H,67,73)/t44-,47+,48-,49+,50+,51+,52+,53?,57?/m1/s1. The number of rotatable bonds is 15.